The van der Waals surface area contributed by atoms with Gasteiger partial charge in [0.05, 0.1) is 0 Å². The van der Waals surface area contributed by atoms with E-state index in [1.807, 2.05) is 6.07 Å². The van der Waals surface area contributed by atoms with Gasteiger partial charge in [0.25, 0.3) is 0 Å². The Morgan fingerprint density at radius 1 is 0.967 bits per heavy atom. The average Bonchev–Trinajstić information content (AvgIpc) is 3.11. The lowest BCUT2D eigenvalue weighted by Crippen LogP contribution is -2.20. The molecule has 0 amide bonds. The van der Waals surface area contributed by atoms with E-state index in [4.69, 9.17) is 11.6 Å². The summed E-state index contributed by atoms with van der Waals surface area (Å²) in [5, 5.41) is 5.44. The summed E-state index contributed by atoms with van der Waals surface area (Å²) in [6.45, 7) is 3.61. The molecule has 0 saturated heterocycles. The molecule has 0 aliphatic rings. The van der Waals surface area contributed by atoms with E-state index in [1.54, 1.807) is 6.07 Å². The smallest absolute Gasteiger partial charge is 0.124 e. The van der Waals surface area contributed by atoms with Crippen LogP contribution in [0.2, 0.25) is 5.02 Å². The van der Waals surface area contributed by atoms with Gasteiger partial charge in [0.1, 0.15) is 5.82 Å². The van der Waals surface area contributed by atoms with Gasteiger partial charge in [-0.1, -0.05) is 79.5 Å². The van der Waals surface area contributed by atoms with Crippen LogP contribution in [0.3, 0.4) is 0 Å². The molecule has 1 atom stereocenters. The first kappa shape index (κ1) is 20.6. The normalized spacial score (nSPS) is 12.4. The zero-order valence-corrected chi connectivity index (χ0v) is 17.9. The monoisotopic (exact) mass is 420 g/mol. The Hall–Kier alpha value is -2.62. The largest absolute Gasteiger partial charge is 0.343 e. The summed E-state index contributed by atoms with van der Waals surface area (Å²) in [6.07, 6.45) is 4.40. The van der Waals surface area contributed by atoms with Crippen molar-refractivity contribution in [2.24, 2.45) is 0 Å². The van der Waals surface area contributed by atoms with Crippen LogP contribution in [0.4, 0.5) is 4.39 Å². The maximum atomic E-state index is 13.4. The third kappa shape index (κ3) is 4.58. The standard InChI is InChI=1S/C26H26ClFN2/c1-2-8-25(19-9-4-3-5-10-19)29-16-21-18-30(26-12-7-6-11-23(21)26)17-20-13-14-22(28)15-24(20)27/h3-7,9-15,18,25,29H,2,8,16-17H2,1H3/t25-/m1/s1. The summed E-state index contributed by atoms with van der Waals surface area (Å²) in [5.41, 5.74) is 4.63. The van der Waals surface area contributed by atoms with Crippen LogP contribution in [0.25, 0.3) is 10.9 Å². The molecule has 0 saturated carbocycles. The Bertz CT molecular complexity index is 1120. The minimum atomic E-state index is -0.311. The highest BCUT2D eigenvalue weighted by Crippen LogP contribution is 2.26. The second-order valence-corrected chi connectivity index (χ2v) is 8.08. The van der Waals surface area contributed by atoms with Gasteiger partial charge in [-0.3, -0.25) is 0 Å². The van der Waals surface area contributed by atoms with Crippen molar-refractivity contribution in [1.29, 1.82) is 0 Å². The number of nitrogens with zero attached hydrogens (tertiary/aromatic N) is 1. The molecule has 0 spiro atoms. The van der Waals surface area contributed by atoms with E-state index in [9.17, 15) is 4.39 Å². The summed E-state index contributed by atoms with van der Waals surface area (Å²) in [5.74, 6) is -0.311. The molecular weight excluding hydrogens is 395 g/mol. The highest BCUT2D eigenvalue weighted by Gasteiger charge is 2.14. The third-order valence-corrected chi connectivity index (χ3v) is 5.90. The van der Waals surface area contributed by atoms with Crippen molar-refractivity contribution < 1.29 is 4.39 Å². The minimum Gasteiger partial charge on any atom is -0.343 e. The summed E-state index contributed by atoms with van der Waals surface area (Å²) in [7, 11) is 0. The van der Waals surface area contributed by atoms with Crippen LogP contribution < -0.4 is 5.32 Å². The lowest BCUT2D eigenvalue weighted by Gasteiger charge is -2.18. The fourth-order valence-corrected chi connectivity index (χ4v) is 4.25. The average molecular weight is 421 g/mol. The van der Waals surface area contributed by atoms with Crippen LogP contribution in [0.5, 0.6) is 0 Å². The van der Waals surface area contributed by atoms with Crippen molar-refractivity contribution in [3.05, 3.63) is 107 Å². The van der Waals surface area contributed by atoms with Gasteiger partial charge in [0.2, 0.25) is 0 Å². The van der Waals surface area contributed by atoms with Crippen molar-refractivity contribution in [2.45, 2.75) is 38.9 Å². The Morgan fingerprint density at radius 3 is 2.50 bits per heavy atom. The van der Waals surface area contributed by atoms with Gasteiger partial charge in [-0.25, -0.2) is 4.39 Å². The molecule has 0 bridgehead atoms. The van der Waals surface area contributed by atoms with Gasteiger partial charge in [-0.15, -0.1) is 0 Å². The first-order valence-corrected chi connectivity index (χ1v) is 10.8. The SMILES string of the molecule is CCC[C@@H](NCc1cn(Cc2ccc(F)cc2Cl)c2ccccc12)c1ccccc1. The topological polar surface area (TPSA) is 17.0 Å². The van der Waals surface area contributed by atoms with E-state index in [0.29, 0.717) is 17.6 Å². The molecule has 4 heteroatoms. The fourth-order valence-electron chi connectivity index (χ4n) is 4.02. The molecule has 0 aliphatic carbocycles. The quantitative estimate of drug-likeness (QED) is 0.321. The number of rotatable bonds is 8. The maximum absolute atomic E-state index is 13.4. The summed E-state index contributed by atoms with van der Waals surface area (Å²) in [4.78, 5) is 0. The Kier molecular flexibility index (Phi) is 6.51. The molecule has 1 N–H and O–H groups in total. The van der Waals surface area contributed by atoms with Crippen molar-refractivity contribution in [3.63, 3.8) is 0 Å². The number of fused-ring (bicyclic) bond motifs is 1. The lowest BCUT2D eigenvalue weighted by atomic mass is 10.0. The molecule has 154 valence electrons. The molecule has 0 fully saturated rings. The molecular formula is C26H26ClFN2. The highest BCUT2D eigenvalue weighted by molar-refractivity contribution is 6.31. The zero-order valence-electron chi connectivity index (χ0n) is 17.1. The Labute approximate surface area is 182 Å². The lowest BCUT2D eigenvalue weighted by molar-refractivity contribution is 0.494. The molecule has 3 aromatic carbocycles. The fraction of sp³-hybridized carbons (Fsp3) is 0.231. The molecule has 0 radical (unpaired) electrons. The predicted molar refractivity (Wildman–Crippen MR) is 123 cm³/mol. The highest BCUT2D eigenvalue weighted by atomic mass is 35.5. The second-order valence-electron chi connectivity index (χ2n) is 7.67. The van der Waals surface area contributed by atoms with Crippen molar-refractivity contribution >= 4 is 22.5 Å². The molecule has 0 unspecified atom stereocenters. The van der Waals surface area contributed by atoms with Crippen molar-refractivity contribution in [1.82, 2.24) is 9.88 Å². The van der Waals surface area contributed by atoms with Gasteiger partial charge < -0.3 is 9.88 Å². The van der Waals surface area contributed by atoms with Gasteiger partial charge in [0, 0.05) is 41.3 Å². The Balaban J connectivity index is 1.60. The van der Waals surface area contributed by atoms with Gasteiger partial charge in [0.15, 0.2) is 0 Å². The summed E-state index contributed by atoms with van der Waals surface area (Å²) >= 11 is 6.28. The van der Waals surface area contributed by atoms with E-state index in [0.717, 1.165) is 30.5 Å². The number of hydrogen-bond acceptors (Lipinski definition) is 1. The molecule has 0 aliphatic heterocycles. The number of para-hydroxylation sites is 1. The van der Waals surface area contributed by atoms with E-state index in [1.165, 1.54) is 28.6 Å². The summed E-state index contributed by atoms with van der Waals surface area (Å²) < 4.78 is 15.6. The number of benzene rings is 3. The molecule has 1 heterocycles. The number of halogens is 2. The van der Waals surface area contributed by atoms with E-state index in [-0.39, 0.29) is 5.82 Å². The van der Waals surface area contributed by atoms with E-state index < -0.39 is 0 Å². The van der Waals surface area contributed by atoms with Gasteiger partial charge >= 0.3 is 0 Å². The molecule has 4 rings (SSSR count). The van der Waals surface area contributed by atoms with E-state index >= 15 is 0 Å². The summed E-state index contributed by atoms with van der Waals surface area (Å²) in [6, 6.07) is 23.9. The number of aromatic nitrogens is 1. The van der Waals surface area contributed by atoms with Crippen molar-refractivity contribution in [3.8, 4) is 0 Å². The van der Waals surface area contributed by atoms with Gasteiger partial charge in [-0.05, 0) is 41.3 Å². The van der Waals surface area contributed by atoms with Crippen LogP contribution >= 0.6 is 11.6 Å². The molecule has 30 heavy (non-hydrogen) atoms. The molecule has 1 aromatic heterocycles. The van der Waals surface area contributed by atoms with Crippen LogP contribution in [0, 0.1) is 5.82 Å². The second kappa shape index (κ2) is 9.46. The van der Waals surface area contributed by atoms with Crippen molar-refractivity contribution in [2.75, 3.05) is 0 Å². The molecule has 4 aromatic rings. The van der Waals surface area contributed by atoms with Crippen LogP contribution in [0.1, 0.15) is 42.5 Å². The Morgan fingerprint density at radius 2 is 1.73 bits per heavy atom. The van der Waals surface area contributed by atoms with Crippen LogP contribution in [-0.4, -0.2) is 4.57 Å². The number of nitrogens with one attached hydrogen (secondary N) is 1. The zero-order chi connectivity index (χ0) is 20.9. The predicted octanol–water partition coefficient (Wildman–Crippen LogP) is 7.11. The van der Waals surface area contributed by atoms with Gasteiger partial charge in [-0.2, -0.15) is 0 Å². The van der Waals surface area contributed by atoms with Crippen LogP contribution in [-0.2, 0) is 13.1 Å². The number of hydrogen-bond donors (Lipinski definition) is 1. The third-order valence-electron chi connectivity index (χ3n) is 5.55. The minimum absolute atomic E-state index is 0.311. The maximum Gasteiger partial charge on any atom is 0.124 e. The van der Waals surface area contributed by atoms with E-state index in [2.05, 4.69) is 71.5 Å². The first-order valence-electron chi connectivity index (χ1n) is 10.4. The first-order chi connectivity index (χ1) is 14.7. The molecule has 2 nitrogen and oxygen atoms in total. The van der Waals surface area contributed by atoms with Crippen LogP contribution in [0.15, 0.2) is 79.0 Å².